The first-order chi connectivity index (χ1) is 10.1. The molecule has 21 heavy (non-hydrogen) atoms. The van der Waals surface area contributed by atoms with Crippen molar-refractivity contribution in [3.05, 3.63) is 74.9 Å². The van der Waals surface area contributed by atoms with E-state index < -0.39 is 0 Å². The van der Waals surface area contributed by atoms with Gasteiger partial charge in [0.15, 0.2) is 0 Å². The van der Waals surface area contributed by atoms with E-state index in [1.54, 1.807) is 4.90 Å². The van der Waals surface area contributed by atoms with Crippen LogP contribution in [0.2, 0.25) is 0 Å². The zero-order chi connectivity index (χ0) is 15.2. The maximum absolute atomic E-state index is 12.6. The Hall–Kier alpha value is -1.62. The molecule has 0 bridgehead atoms. The number of hydrogen-bond donors (Lipinski definition) is 0. The van der Waals surface area contributed by atoms with Crippen LogP contribution in [0.25, 0.3) is 6.08 Å². The van der Waals surface area contributed by atoms with Crippen molar-refractivity contribution < 1.29 is 4.79 Å². The fourth-order valence-electron chi connectivity index (χ4n) is 2.17. The van der Waals surface area contributed by atoms with Gasteiger partial charge in [-0.15, -0.1) is 0 Å². The minimum absolute atomic E-state index is 0.0448. The van der Waals surface area contributed by atoms with Crippen molar-refractivity contribution in [3.8, 4) is 0 Å². The van der Waals surface area contributed by atoms with Crippen molar-refractivity contribution in [1.82, 2.24) is 4.90 Å². The van der Waals surface area contributed by atoms with E-state index in [9.17, 15) is 4.79 Å². The molecule has 0 saturated heterocycles. The number of hydrogen-bond acceptors (Lipinski definition) is 1. The van der Waals surface area contributed by atoms with Crippen LogP contribution in [0.15, 0.2) is 58.2 Å². The Morgan fingerprint density at radius 1 is 1.10 bits per heavy atom. The molecule has 2 aromatic rings. The minimum atomic E-state index is 0.0448. The molecule has 0 N–H and O–H groups in total. The molecule has 0 saturated carbocycles. The van der Waals surface area contributed by atoms with Crippen molar-refractivity contribution in [2.24, 2.45) is 0 Å². The van der Waals surface area contributed by atoms with Crippen LogP contribution >= 0.6 is 22.6 Å². The van der Waals surface area contributed by atoms with Gasteiger partial charge in [0.05, 0.1) is 0 Å². The lowest BCUT2D eigenvalue weighted by Gasteiger charge is -2.18. The van der Waals surface area contributed by atoms with Crippen LogP contribution in [0.3, 0.4) is 0 Å². The van der Waals surface area contributed by atoms with E-state index in [2.05, 4.69) is 22.6 Å². The molecule has 0 aliphatic rings. The zero-order valence-electron chi connectivity index (χ0n) is 12.2. The van der Waals surface area contributed by atoms with Crippen molar-refractivity contribution in [2.75, 3.05) is 7.05 Å². The summed E-state index contributed by atoms with van der Waals surface area (Å²) in [6, 6.07) is 17.8. The van der Waals surface area contributed by atoms with Gasteiger partial charge in [0.25, 0.3) is 5.91 Å². The molecular weight excluding hydrogens is 373 g/mol. The molecule has 0 aromatic heterocycles. The Bertz CT molecular complexity index is 645. The van der Waals surface area contributed by atoms with Crippen LogP contribution in [0, 0.1) is 0 Å². The third-order valence-electron chi connectivity index (χ3n) is 3.15. The van der Waals surface area contributed by atoms with Gasteiger partial charge in [-0.3, -0.25) is 4.79 Å². The summed E-state index contributed by atoms with van der Waals surface area (Å²) in [5, 5.41) is 0. The molecule has 3 heteroatoms. The molecule has 0 heterocycles. The smallest absolute Gasteiger partial charge is 0.254 e. The summed E-state index contributed by atoms with van der Waals surface area (Å²) < 4.78 is 1.15. The van der Waals surface area contributed by atoms with Crippen LogP contribution in [0.5, 0.6) is 0 Å². The molecule has 2 rings (SSSR count). The molecule has 108 valence electrons. The second kappa shape index (κ2) is 7.41. The van der Waals surface area contributed by atoms with Crippen LogP contribution in [-0.4, -0.2) is 17.9 Å². The second-order valence-electron chi connectivity index (χ2n) is 4.97. The molecule has 1 amide bonds. The van der Waals surface area contributed by atoms with Crippen molar-refractivity contribution >= 4 is 34.6 Å². The monoisotopic (exact) mass is 391 g/mol. The predicted octanol–water partition coefficient (Wildman–Crippen LogP) is 4.75. The first-order valence-electron chi connectivity index (χ1n) is 6.80. The van der Waals surface area contributed by atoms with Gasteiger partial charge in [0.1, 0.15) is 0 Å². The van der Waals surface area contributed by atoms with Gasteiger partial charge in [0.2, 0.25) is 0 Å². The molecule has 0 unspecified atom stereocenters. The Morgan fingerprint density at radius 3 is 2.38 bits per heavy atom. The van der Waals surface area contributed by atoms with Crippen molar-refractivity contribution in [3.63, 3.8) is 0 Å². The lowest BCUT2D eigenvalue weighted by atomic mass is 10.1. The molecule has 0 fully saturated rings. The molecule has 0 spiro atoms. The number of carbonyl (C=O) groups excluding carboxylic acids is 1. The number of nitrogens with zero attached hydrogens (tertiary/aromatic N) is 1. The summed E-state index contributed by atoms with van der Waals surface area (Å²) in [4.78, 5) is 14.4. The highest BCUT2D eigenvalue weighted by Gasteiger charge is 2.14. The van der Waals surface area contributed by atoms with E-state index in [0.29, 0.717) is 6.54 Å². The van der Waals surface area contributed by atoms with E-state index in [-0.39, 0.29) is 5.91 Å². The standard InChI is InChI=1S/C18H18INO/c1-14(19)12-16-10-6-7-11-17(16)18(21)20(2)13-15-8-4-3-5-9-15/h3-12H,13H2,1-2H3. The lowest BCUT2D eigenvalue weighted by Crippen LogP contribution is -2.26. The van der Waals surface area contributed by atoms with Gasteiger partial charge in [-0.05, 0) is 56.4 Å². The number of benzene rings is 2. The van der Waals surface area contributed by atoms with Crippen molar-refractivity contribution in [2.45, 2.75) is 13.5 Å². The third kappa shape index (κ3) is 4.43. The third-order valence-corrected chi connectivity index (χ3v) is 3.47. The summed E-state index contributed by atoms with van der Waals surface area (Å²) in [5.74, 6) is 0.0448. The molecule has 0 aliphatic carbocycles. The highest BCUT2D eigenvalue weighted by Crippen LogP contribution is 2.18. The largest absolute Gasteiger partial charge is 0.337 e. The summed E-state index contributed by atoms with van der Waals surface area (Å²) in [5.41, 5.74) is 2.84. The summed E-state index contributed by atoms with van der Waals surface area (Å²) >= 11 is 2.26. The first-order valence-corrected chi connectivity index (χ1v) is 7.88. The highest BCUT2D eigenvalue weighted by atomic mass is 127. The Morgan fingerprint density at radius 2 is 1.71 bits per heavy atom. The van der Waals surface area contributed by atoms with Gasteiger partial charge in [0, 0.05) is 19.2 Å². The fraction of sp³-hybridized carbons (Fsp3) is 0.167. The van der Waals surface area contributed by atoms with Crippen LogP contribution in [-0.2, 0) is 6.54 Å². The SMILES string of the molecule is CC(I)=Cc1ccccc1C(=O)N(C)Cc1ccccc1. The van der Waals surface area contributed by atoms with E-state index >= 15 is 0 Å². The molecular formula is C18H18INO. The number of rotatable bonds is 4. The number of allylic oxidation sites excluding steroid dienone is 1. The Balaban J connectivity index is 2.22. The molecule has 0 radical (unpaired) electrons. The maximum atomic E-state index is 12.6. The molecule has 2 nitrogen and oxygen atoms in total. The number of carbonyl (C=O) groups is 1. The van der Waals surface area contributed by atoms with Gasteiger partial charge in [-0.2, -0.15) is 0 Å². The van der Waals surface area contributed by atoms with E-state index in [0.717, 1.165) is 20.3 Å². The Kier molecular flexibility index (Phi) is 5.56. The predicted molar refractivity (Wildman–Crippen MR) is 96.4 cm³/mol. The molecule has 0 atom stereocenters. The highest BCUT2D eigenvalue weighted by molar-refractivity contribution is 14.1. The van der Waals surface area contributed by atoms with Gasteiger partial charge < -0.3 is 4.90 Å². The Labute approximate surface area is 139 Å². The van der Waals surface area contributed by atoms with E-state index in [4.69, 9.17) is 0 Å². The normalized spacial score (nSPS) is 11.3. The van der Waals surface area contributed by atoms with E-state index in [1.807, 2.05) is 74.6 Å². The van der Waals surface area contributed by atoms with E-state index in [1.165, 1.54) is 0 Å². The maximum Gasteiger partial charge on any atom is 0.254 e. The van der Waals surface area contributed by atoms with Gasteiger partial charge >= 0.3 is 0 Å². The number of halogens is 1. The van der Waals surface area contributed by atoms with Crippen LogP contribution < -0.4 is 0 Å². The first kappa shape index (κ1) is 15.8. The summed E-state index contributed by atoms with van der Waals surface area (Å²) in [6.07, 6.45) is 2.03. The quantitative estimate of drug-likeness (QED) is 0.689. The minimum Gasteiger partial charge on any atom is -0.337 e. The van der Waals surface area contributed by atoms with Crippen molar-refractivity contribution in [1.29, 1.82) is 0 Å². The molecule has 2 aromatic carbocycles. The summed E-state index contributed by atoms with van der Waals surface area (Å²) in [7, 11) is 1.84. The molecule has 0 aliphatic heterocycles. The van der Waals surface area contributed by atoms with Crippen LogP contribution in [0.1, 0.15) is 28.4 Å². The topological polar surface area (TPSA) is 20.3 Å². The van der Waals surface area contributed by atoms with Gasteiger partial charge in [-0.1, -0.05) is 48.5 Å². The average Bonchev–Trinajstić information content (AvgIpc) is 2.47. The lowest BCUT2D eigenvalue weighted by molar-refractivity contribution is 0.0785. The van der Waals surface area contributed by atoms with Gasteiger partial charge in [-0.25, -0.2) is 0 Å². The number of amides is 1. The zero-order valence-corrected chi connectivity index (χ0v) is 14.4. The average molecular weight is 391 g/mol. The van der Waals surface area contributed by atoms with Crippen LogP contribution in [0.4, 0.5) is 0 Å². The summed E-state index contributed by atoms with van der Waals surface area (Å²) in [6.45, 7) is 2.64. The second-order valence-corrected chi connectivity index (χ2v) is 6.67. The fourth-order valence-corrected chi connectivity index (χ4v) is 2.50.